The molecule has 0 aliphatic heterocycles. The van der Waals surface area contributed by atoms with Crippen molar-refractivity contribution < 1.29 is 28.2 Å². The lowest BCUT2D eigenvalue weighted by molar-refractivity contribution is -0.125. The Hall–Kier alpha value is -3.74. The third-order valence-electron chi connectivity index (χ3n) is 4.48. The lowest BCUT2D eigenvalue weighted by atomic mass is 10.3. The minimum Gasteiger partial charge on any atom is -0.461 e. The highest BCUT2D eigenvalue weighted by atomic mass is 35.5. The molecule has 1 atom stereocenters. The monoisotopic (exact) mass is 490 g/mol. The lowest BCUT2D eigenvalue weighted by Crippen LogP contribution is -2.37. The number of amides is 1. The van der Waals surface area contributed by atoms with Gasteiger partial charge >= 0.3 is 0 Å². The molecule has 0 aliphatic carbocycles. The molecule has 4 rings (SSSR count). The first-order chi connectivity index (χ1) is 16.5. The van der Waals surface area contributed by atoms with Crippen LogP contribution in [0.25, 0.3) is 16.7 Å². The zero-order valence-electron chi connectivity index (χ0n) is 17.4. The third-order valence-corrected chi connectivity index (χ3v) is 4.78. The summed E-state index contributed by atoms with van der Waals surface area (Å²) in [7, 11) is 0. The summed E-state index contributed by atoms with van der Waals surface area (Å²) in [5, 5.41) is 16.1. The number of pyridine rings is 1. The van der Waals surface area contributed by atoms with Crippen LogP contribution in [0.2, 0.25) is 5.02 Å². The summed E-state index contributed by atoms with van der Waals surface area (Å²) >= 11 is 6.13. The Morgan fingerprint density at radius 1 is 1.21 bits per heavy atom. The van der Waals surface area contributed by atoms with Crippen LogP contribution in [0.1, 0.15) is 0 Å². The van der Waals surface area contributed by atoms with Crippen molar-refractivity contribution in [2.45, 2.75) is 6.10 Å². The Balaban J connectivity index is 1.63. The second kappa shape index (κ2) is 10.5. The summed E-state index contributed by atoms with van der Waals surface area (Å²) in [6.45, 7) is -0.543. The number of benzene rings is 1. The molecule has 0 aliphatic rings. The average Bonchev–Trinajstić information content (AvgIpc) is 3.24. The highest BCUT2D eigenvalue weighted by molar-refractivity contribution is 6.32. The Labute approximate surface area is 196 Å². The van der Waals surface area contributed by atoms with E-state index in [0.29, 0.717) is 0 Å². The molecule has 0 bridgehead atoms. The van der Waals surface area contributed by atoms with Crippen molar-refractivity contribution in [1.29, 1.82) is 0 Å². The molecule has 0 radical (unpaired) electrons. The van der Waals surface area contributed by atoms with Crippen molar-refractivity contribution in [1.82, 2.24) is 24.7 Å². The van der Waals surface area contributed by atoms with Gasteiger partial charge in [0.1, 0.15) is 34.9 Å². The predicted octanol–water partition coefficient (Wildman–Crippen LogP) is 2.54. The van der Waals surface area contributed by atoms with Crippen molar-refractivity contribution >= 4 is 34.4 Å². The molecular formula is C21H17ClF2N6O4. The molecule has 1 aromatic carbocycles. The van der Waals surface area contributed by atoms with E-state index >= 15 is 0 Å². The first-order valence-corrected chi connectivity index (χ1v) is 10.3. The van der Waals surface area contributed by atoms with Gasteiger partial charge in [-0.3, -0.25) is 4.79 Å². The van der Waals surface area contributed by atoms with Gasteiger partial charge in [0.05, 0.1) is 31.0 Å². The van der Waals surface area contributed by atoms with Gasteiger partial charge in [-0.1, -0.05) is 17.7 Å². The summed E-state index contributed by atoms with van der Waals surface area (Å²) < 4.78 is 39.7. The molecule has 3 heterocycles. The SMILES string of the molecule is O=C(Nc1ccc(F)cn1)[C@H](COCCO)Oc1ncnc2nn(-c3c(F)cccc3Cl)cc12. The molecule has 10 nitrogen and oxygen atoms in total. The smallest absolute Gasteiger partial charge is 0.269 e. The van der Waals surface area contributed by atoms with E-state index < -0.39 is 23.6 Å². The van der Waals surface area contributed by atoms with Gasteiger partial charge in [0, 0.05) is 6.20 Å². The van der Waals surface area contributed by atoms with Crippen molar-refractivity contribution in [3.63, 3.8) is 0 Å². The standard InChI is InChI=1S/C21H17ClF2N6O4/c22-14-2-1-3-15(24)18(14)30-9-13-19(29-30)26-11-27-21(13)34-16(10-33-7-6-31)20(32)28-17-5-4-12(23)8-25-17/h1-5,8-9,11,16,31H,6-7,10H2,(H,25,28,32)/t16-/m0/s1. The molecule has 1 amide bonds. The van der Waals surface area contributed by atoms with Gasteiger partial charge in [-0.25, -0.2) is 28.4 Å². The van der Waals surface area contributed by atoms with E-state index in [-0.39, 0.29) is 53.3 Å². The highest BCUT2D eigenvalue weighted by Crippen LogP contribution is 2.27. The maximum atomic E-state index is 14.4. The largest absolute Gasteiger partial charge is 0.461 e. The number of hydrogen-bond donors (Lipinski definition) is 2. The fourth-order valence-electron chi connectivity index (χ4n) is 2.94. The van der Waals surface area contributed by atoms with Gasteiger partial charge in [-0.05, 0) is 24.3 Å². The Morgan fingerprint density at radius 3 is 2.79 bits per heavy atom. The second-order valence-corrected chi connectivity index (χ2v) is 7.22. The van der Waals surface area contributed by atoms with E-state index in [1.807, 2.05) is 0 Å². The van der Waals surface area contributed by atoms with Crippen LogP contribution in [-0.2, 0) is 9.53 Å². The van der Waals surface area contributed by atoms with Crippen LogP contribution < -0.4 is 10.1 Å². The number of aliphatic hydroxyl groups excluding tert-OH is 1. The third kappa shape index (κ3) is 5.25. The van der Waals surface area contributed by atoms with Crippen LogP contribution in [-0.4, -0.2) is 61.7 Å². The van der Waals surface area contributed by atoms with E-state index in [4.69, 9.17) is 26.2 Å². The van der Waals surface area contributed by atoms with Crippen molar-refractivity contribution in [2.75, 3.05) is 25.1 Å². The van der Waals surface area contributed by atoms with Gasteiger partial charge in [-0.2, -0.15) is 0 Å². The molecule has 0 saturated heterocycles. The van der Waals surface area contributed by atoms with Crippen LogP contribution in [0, 0.1) is 11.6 Å². The zero-order valence-corrected chi connectivity index (χ0v) is 18.1. The normalized spacial score (nSPS) is 12.0. The molecule has 0 unspecified atom stereocenters. The fourth-order valence-corrected chi connectivity index (χ4v) is 3.19. The second-order valence-electron chi connectivity index (χ2n) is 6.82. The number of anilines is 1. The molecule has 176 valence electrons. The molecule has 34 heavy (non-hydrogen) atoms. The Kier molecular flexibility index (Phi) is 7.21. The Bertz CT molecular complexity index is 1280. The van der Waals surface area contributed by atoms with Crippen LogP contribution in [0.3, 0.4) is 0 Å². The van der Waals surface area contributed by atoms with Crippen molar-refractivity contribution in [3.8, 4) is 11.6 Å². The predicted molar refractivity (Wildman–Crippen MR) is 117 cm³/mol. The van der Waals surface area contributed by atoms with E-state index in [0.717, 1.165) is 12.3 Å². The van der Waals surface area contributed by atoms with Gasteiger partial charge in [-0.15, -0.1) is 5.10 Å². The first-order valence-electron chi connectivity index (χ1n) is 9.88. The quantitative estimate of drug-likeness (QED) is 0.343. The number of nitrogens with one attached hydrogen (secondary N) is 1. The molecule has 0 spiro atoms. The lowest BCUT2D eigenvalue weighted by Gasteiger charge is -2.18. The summed E-state index contributed by atoms with van der Waals surface area (Å²) in [6.07, 6.45) is 2.30. The summed E-state index contributed by atoms with van der Waals surface area (Å²) in [5.74, 6) is -1.75. The van der Waals surface area contributed by atoms with E-state index in [9.17, 15) is 13.6 Å². The highest BCUT2D eigenvalue weighted by Gasteiger charge is 2.24. The van der Waals surface area contributed by atoms with Crippen LogP contribution >= 0.6 is 11.6 Å². The minimum absolute atomic E-state index is 0.0103. The van der Waals surface area contributed by atoms with E-state index in [1.165, 1.54) is 41.5 Å². The molecule has 0 fully saturated rings. The molecule has 0 saturated carbocycles. The van der Waals surface area contributed by atoms with Gasteiger partial charge in [0.15, 0.2) is 5.65 Å². The van der Waals surface area contributed by atoms with Crippen molar-refractivity contribution in [2.24, 2.45) is 0 Å². The number of nitrogens with zero attached hydrogens (tertiary/aromatic N) is 5. The molecular weight excluding hydrogens is 474 g/mol. The number of hydrogen-bond acceptors (Lipinski definition) is 8. The number of rotatable bonds is 9. The van der Waals surface area contributed by atoms with Gasteiger partial charge in [0.25, 0.3) is 5.91 Å². The maximum Gasteiger partial charge on any atom is 0.269 e. The number of carbonyl (C=O) groups is 1. The molecule has 2 N–H and O–H groups in total. The van der Waals surface area contributed by atoms with Gasteiger partial charge < -0.3 is 19.9 Å². The fraction of sp³-hybridized carbons (Fsp3) is 0.190. The van der Waals surface area contributed by atoms with Crippen LogP contribution in [0.4, 0.5) is 14.6 Å². The minimum atomic E-state index is -1.24. The topological polar surface area (TPSA) is 124 Å². The average molecular weight is 491 g/mol. The summed E-state index contributed by atoms with van der Waals surface area (Å²) in [6, 6.07) is 6.63. The zero-order chi connectivity index (χ0) is 24.1. The molecule has 3 aromatic heterocycles. The number of aliphatic hydroxyl groups is 1. The van der Waals surface area contributed by atoms with E-state index in [2.05, 4.69) is 25.4 Å². The molecule has 13 heteroatoms. The summed E-state index contributed by atoms with van der Waals surface area (Å²) in [4.78, 5) is 24.7. The number of halogens is 3. The number of ether oxygens (including phenoxy) is 2. The van der Waals surface area contributed by atoms with Crippen molar-refractivity contribution in [3.05, 3.63) is 65.7 Å². The maximum absolute atomic E-state index is 14.4. The Morgan fingerprint density at radius 2 is 2.06 bits per heavy atom. The summed E-state index contributed by atoms with van der Waals surface area (Å²) in [5.41, 5.74) is 0.177. The van der Waals surface area contributed by atoms with Gasteiger partial charge in [0.2, 0.25) is 12.0 Å². The van der Waals surface area contributed by atoms with Crippen LogP contribution in [0.5, 0.6) is 5.88 Å². The van der Waals surface area contributed by atoms with E-state index in [1.54, 1.807) is 0 Å². The first kappa shape index (κ1) is 23.4. The number of aromatic nitrogens is 5. The van der Waals surface area contributed by atoms with Crippen LogP contribution in [0.15, 0.2) is 49.1 Å². The number of para-hydroxylation sites is 1. The number of carbonyl (C=O) groups excluding carboxylic acids is 1. The molecule has 4 aromatic rings. The number of fused-ring (bicyclic) bond motifs is 1.